The van der Waals surface area contributed by atoms with E-state index in [9.17, 15) is 0 Å². The minimum absolute atomic E-state index is 0. The Morgan fingerprint density at radius 3 is 0.550 bits per heavy atom. The molecule has 40 heavy (non-hydrogen) atoms. The fourth-order valence-electron chi connectivity index (χ4n) is 6.35. The summed E-state index contributed by atoms with van der Waals surface area (Å²) in [5.41, 5.74) is 18.9. The van der Waals surface area contributed by atoms with Crippen LogP contribution in [0.2, 0.25) is 0 Å². The molecule has 4 heteroatoms. The molecule has 0 amide bonds. The third kappa shape index (κ3) is 6.59. The maximum absolute atomic E-state index is 2.39. The van der Waals surface area contributed by atoms with Crippen molar-refractivity contribution in [3.63, 3.8) is 0 Å². The van der Waals surface area contributed by atoms with Crippen molar-refractivity contribution in [2.75, 3.05) is 0 Å². The molecule has 0 saturated carbocycles. The average molecular weight is 658 g/mol. The van der Waals surface area contributed by atoms with Gasteiger partial charge in [0.1, 0.15) is 0 Å². The van der Waals surface area contributed by atoms with E-state index in [0.29, 0.717) is 23.7 Å². The van der Waals surface area contributed by atoms with Crippen LogP contribution in [0.1, 0.15) is 111 Å². The van der Waals surface area contributed by atoms with Crippen molar-refractivity contribution in [3.8, 4) is 0 Å². The van der Waals surface area contributed by atoms with Gasteiger partial charge in [-0.15, -0.1) is 0 Å². The molecule has 0 aromatic carbocycles. The Morgan fingerprint density at radius 2 is 0.450 bits per heavy atom. The summed E-state index contributed by atoms with van der Waals surface area (Å²) in [4.78, 5) is 0. The molecule has 0 aromatic rings. The van der Waals surface area contributed by atoms with Crippen molar-refractivity contribution in [2.24, 2.45) is 23.7 Å². The van der Waals surface area contributed by atoms with E-state index in [-0.39, 0.29) is 57.4 Å². The third-order valence-corrected chi connectivity index (χ3v) is 16.9. The largest absolute Gasteiger partial charge is 1.00 e. The molecular weight excluding hydrogens is 605 g/mol. The summed E-state index contributed by atoms with van der Waals surface area (Å²) < 4.78 is 6.98. The molecular formula is C36H52Cl2V2. The van der Waals surface area contributed by atoms with Crippen molar-refractivity contribution in [1.82, 2.24) is 0 Å². The topological polar surface area (TPSA) is 0 Å². The van der Waals surface area contributed by atoms with Gasteiger partial charge < -0.3 is 24.8 Å². The predicted octanol–water partition coefficient (Wildman–Crippen LogP) is 5.19. The monoisotopic (exact) mass is 656 g/mol. The molecule has 0 radical (unpaired) electrons. The van der Waals surface area contributed by atoms with Gasteiger partial charge in [-0.05, 0) is 0 Å². The van der Waals surface area contributed by atoms with Crippen LogP contribution in [0.5, 0.6) is 0 Å². The van der Waals surface area contributed by atoms with E-state index in [1.54, 1.807) is 84.0 Å². The van der Waals surface area contributed by atoms with Crippen LogP contribution >= 0.6 is 0 Å². The molecule has 0 aromatic heterocycles. The zero-order chi connectivity index (χ0) is 29.0. The molecule has 0 N–H and O–H groups in total. The second-order valence-corrected chi connectivity index (χ2v) is 16.1. The van der Waals surface area contributed by atoms with Crippen LogP contribution in [-0.2, 0) is 32.6 Å². The Labute approximate surface area is 274 Å². The summed E-state index contributed by atoms with van der Waals surface area (Å²) in [6.07, 6.45) is 0. The Hall–Kier alpha value is -0.331. The standard InChI is InChI=1S/4C9H13.2ClH.2V/c4*1-6-5-7(2)9(4)8(6)3;;;;/h4*6H,1-4H3;2*1H;;/q;;;;;;2*+1/p-2. The molecule has 4 aliphatic rings. The number of hydrogen-bond acceptors (Lipinski definition) is 0. The van der Waals surface area contributed by atoms with E-state index in [0.717, 1.165) is 0 Å². The van der Waals surface area contributed by atoms with E-state index in [1.807, 2.05) is 0 Å². The zero-order valence-corrected chi connectivity index (χ0v) is 32.3. The van der Waals surface area contributed by atoms with Crippen LogP contribution < -0.4 is 24.8 Å². The van der Waals surface area contributed by atoms with Gasteiger partial charge in [-0.1, -0.05) is 0 Å². The molecule has 0 saturated heterocycles. The quantitative estimate of drug-likeness (QED) is 0.391. The molecule has 0 bridgehead atoms. The second kappa shape index (κ2) is 14.4. The zero-order valence-electron chi connectivity index (χ0n) is 28.0. The van der Waals surface area contributed by atoms with Crippen molar-refractivity contribution < 1.29 is 57.4 Å². The van der Waals surface area contributed by atoms with Gasteiger partial charge in [0.05, 0.1) is 0 Å². The summed E-state index contributed by atoms with van der Waals surface area (Å²) in [6, 6.07) is 0. The van der Waals surface area contributed by atoms with Gasteiger partial charge in [-0.3, -0.25) is 0 Å². The van der Waals surface area contributed by atoms with Gasteiger partial charge in [0.15, 0.2) is 0 Å². The van der Waals surface area contributed by atoms with Crippen molar-refractivity contribution in [1.29, 1.82) is 0 Å². The predicted molar refractivity (Wildman–Crippen MR) is 161 cm³/mol. The molecule has 0 spiro atoms. The SMILES string of the molecule is CC1=C(C)C(C)[C]([V+][C]2=C(C)C(C)=C(C)C2C)=C1C.CC1=C(C)C(C)[C]([V+][C]2=C(C)C(C)=C(C)C2C)=C1C.[Cl-].[Cl-]. The fourth-order valence-corrected chi connectivity index (χ4v) is 11.7. The summed E-state index contributed by atoms with van der Waals surface area (Å²) in [6.45, 7) is 37.3. The van der Waals surface area contributed by atoms with Crippen LogP contribution in [0.25, 0.3) is 0 Å². The van der Waals surface area contributed by atoms with Gasteiger partial charge in [0, 0.05) is 0 Å². The molecule has 0 nitrogen and oxygen atoms in total. The minimum Gasteiger partial charge on any atom is -1.00 e. The van der Waals surface area contributed by atoms with Crippen molar-refractivity contribution in [2.45, 2.75) is 111 Å². The molecule has 4 aliphatic carbocycles. The Balaban J connectivity index is 0.000000381. The molecule has 4 unspecified atom stereocenters. The van der Waals surface area contributed by atoms with Gasteiger partial charge in [-0.25, -0.2) is 0 Å². The summed E-state index contributed by atoms with van der Waals surface area (Å²) in [5.74, 6) is 2.70. The minimum atomic E-state index is 0. The number of rotatable bonds is 4. The van der Waals surface area contributed by atoms with Crippen LogP contribution in [0, 0.1) is 23.7 Å². The first-order valence-electron chi connectivity index (χ1n) is 14.5. The van der Waals surface area contributed by atoms with E-state index in [1.165, 1.54) is 0 Å². The number of hydrogen-bond donors (Lipinski definition) is 0. The Kier molecular flexibility index (Phi) is 13.6. The molecule has 0 fully saturated rings. The van der Waals surface area contributed by atoms with E-state index >= 15 is 0 Å². The third-order valence-electron chi connectivity index (χ3n) is 10.9. The summed E-state index contributed by atoms with van der Waals surface area (Å²) in [7, 11) is 0. The summed E-state index contributed by atoms with van der Waals surface area (Å²) in [5, 5.41) is 0. The van der Waals surface area contributed by atoms with E-state index in [4.69, 9.17) is 0 Å². The van der Waals surface area contributed by atoms with Crippen LogP contribution in [0.15, 0.2) is 84.0 Å². The number of allylic oxidation sites excluding steroid dienone is 16. The first-order chi connectivity index (χ1) is 17.5. The van der Waals surface area contributed by atoms with Gasteiger partial charge >= 0.3 is 251 Å². The van der Waals surface area contributed by atoms with Crippen LogP contribution in [0.3, 0.4) is 0 Å². The van der Waals surface area contributed by atoms with Gasteiger partial charge in [0.25, 0.3) is 0 Å². The Morgan fingerprint density at radius 1 is 0.300 bits per heavy atom. The maximum Gasteiger partial charge on any atom is -1.00 e. The first kappa shape index (κ1) is 37.7. The average Bonchev–Trinajstić information content (AvgIpc) is 3.36. The number of halogens is 2. The van der Waals surface area contributed by atoms with Crippen LogP contribution in [-0.4, -0.2) is 0 Å². The van der Waals surface area contributed by atoms with E-state index in [2.05, 4.69) is 111 Å². The van der Waals surface area contributed by atoms with Crippen LogP contribution in [0.4, 0.5) is 0 Å². The molecule has 4 rings (SSSR count). The molecule has 0 heterocycles. The first-order valence-corrected chi connectivity index (χ1v) is 17.3. The van der Waals surface area contributed by atoms with Gasteiger partial charge in [-0.2, -0.15) is 0 Å². The van der Waals surface area contributed by atoms with Gasteiger partial charge in [0.2, 0.25) is 0 Å². The summed E-state index contributed by atoms with van der Waals surface area (Å²) >= 11 is 0.387. The Bertz CT molecular complexity index is 1120. The second-order valence-electron chi connectivity index (χ2n) is 12.4. The normalized spacial score (nSPS) is 26.8. The van der Waals surface area contributed by atoms with Crippen molar-refractivity contribution in [3.05, 3.63) is 84.0 Å². The van der Waals surface area contributed by atoms with E-state index < -0.39 is 0 Å². The molecule has 4 atom stereocenters. The maximum atomic E-state index is 2.39. The van der Waals surface area contributed by atoms with Crippen molar-refractivity contribution >= 4 is 0 Å². The molecule has 0 aliphatic heterocycles. The fraction of sp³-hybridized carbons (Fsp3) is 0.556. The molecule has 220 valence electrons. The smallest absolute Gasteiger partial charge is 1.00 e.